The minimum atomic E-state index is -0.0935. The molecule has 0 saturated carbocycles. The fourth-order valence-corrected chi connectivity index (χ4v) is 0.958. The Kier molecular flexibility index (Phi) is 2.60. The molecule has 1 aromatic rings. The summed E-state index contributed by atoms with van der Waals surface area (Å²) in [5, 5.41) is 18.1. The summed E-state index contributed by atoms with van der Waals surface area (Å²) < 4.78 is 9.70. The molecule has 0 bridgehead atoms. The highest BCUT2D eigenvalue weighted by Crippen LogP contribution is 2.36. The van der Waals surface area contributed by atoms with E-state index in [0.29, 0.717) is 5.56 Å². The van der Waals surface area contributed by atoms with Crippen molar-refractivity contribution in [2.75, 3.05) is 14.2 Å². The molecule has 0 spiro atoms. The van der Waals surface area contributed by atoms with E-state index in [0.717, 1.165) is 0 Å². The molecule has 68 valence electrons. The maximum atomic E-state index is 9.45. The number of phenolic OH excluding ortho intramolecular Hbond substituents is 1. The highest BCUT2D eigenvalue weighted by Gasteiger charge is 2.10. The Morgan fingerprint density at radius 3 is 2.00 bits per heavy atom. The second kappa shape index (κ2) is 3.68. The molecule has 4 heteroatoms. The first-order chi connectivity index (χ1) is 6.22. The van der Waals surface area contributed by atoms with Crippen molar-refractivity contribution in [2.45, 2.75) is 0 Å². The van der Waals surface area contributed by atoms with Gasteiger partial charge in [0.2, 0.25) is 5.75 Å². The van der Waals surface area contributed by atoms with Crippen molar-refractivity contribution >= 4 is 0 Å². The molecule has 4 nitrogen and oxygen atoms in total. The van der Waals surface area contributed by atoms with Gasteiger partial charge in [-0.15, -0.1) is 0 Å². The smallest absolute Gasteiger partial charge is 0.200 e. The molecule has 1 aromatic carbocycles. The van der Waals surface area contributed by atoms with Crippen LogP contribution in [0.15, 0.2) is 12.1 Å². The Morgan fingerprint density at radius 2 is 1.69 bits per heavy atom. The third-order valence-corrected chi connectivity index (χ3v) is 1.61. The van der Waals surface area contributed by atoms with Crippen LogP contribution < -0.4 is 9.47 Å². The highest BCUT2D eigenvalue weighted by molar-refractivity contribution is 5.55. The van der Waals surface area contributed by atoms with Crippen molar-refractivity contribution in [1.82, 2.24) is 0 Å². The van der Waals surface area contributed by atoms with Crippen LogP contribution in [0.3, 0.4) is 0 Å². The van der Waals surface area contributed by atoms with E-state index in [1.165, 1.54) is 26.4 Å². The Balaban J connectivity index is 3.30. The van der Waals surface area contributed by atoms with Gasteiger partial charge >= 0.3 is 0 Å². The summed E-state index contributed by atoms with van der Waals surface area (Å²) in [5.41, 5.74) is 0.381. The Labute approximate surface area is 75.9 Å². The van der Waals surface area contributed by atoms with E-state index in [-0.39, 0.29) is 17.2 Å². The number of rotatable bonds is 2. The normalized spacial score (nSPS) is 9.00. The van der Waals surface area contributed by atoms with Gasteiger partial charge in [-0.2, -0.15) is 5.26 Å². The fraction of sp³-hybridized carbons (Fsp3) is 0.222. The number of benzene rings is 1. The number of methoxy groups -OCH3 is 2. The van der Waals surface area contributed by atoms with Crippen molar-refractivity contribution in [3.8, 4) is 23.3 Å². The Hall–Kier alpha value is -1.89. The average molecular weight is 179 g/mol. The number of phenols is 1. The SMILES string of the molecule is COc1cc(C#N)cc(OC)c1O. The van der Waals surface area contributed by atoms with E-state index < -0.39 is 0 Å². The summed E-state index contributed by atoms with van der Waals surface area (Å²) in [4.78, 5) is 0. The molecule has 0 heterocycles. The first-order valence-electron chi connectivity index (χ1n) is 3.58. The molecule has 0 amide bonds. The largest absolute Gasteiger partial charge is 0.502 e. The van der Waals surface area contributed by atoms with Gasteiger partial charge in [-0.3, -0.25) is 0 Å². The molecule has 0 fully saturated rings. The molecule has 1 N–H and O–H groups in total. The zero-order valence-electron chi connectivity index (χ0n) is 7.37. The maximum absolute atomic E-state index is 9.45. The number of ether oxygens (including phenoxy) is 2. The lowest BCUT2D eigenvalue weighted by Crippen LogP contribution is -1.90. The van der Waals surface area contributed by atoms with E-state index in [4.69, 9.17) is 14.7 Å². The van der Waals surface area contributed by atoms with Crippen LogP contribution in [0, 0.1) is 11.3 Å². The van der Waals surface area contributed by atoms with Crippen LogP contribution >= 0.6 is 0 Å². The summed E-state index contributed by atoms with van der Waals surface area (Å²) in [5.74, 6) is 0.371. The first kappa shape index (κ1) is 9.20. The van der Waals surface area contributed by atoms with E-state index in [9.17, 15) is 5.11 Å². The highest BCUT2D eigenvalue weighted by atomic mass is 16.5. The molecule has 0 unspecified atom stereocenters. The van der Waals surface area contributed by atoms with Gasteiger partial charge in [0.25, 0.3) is 0 Å². The third-order valence-electron chi connectivity index (χ3n) is 1.61. The van der Waals surface area contributed by atoms with Crippen LogP contribution in [0.25, 0.3) is 0 Å². The van der Waals surface area contributed by atoms with Gasteiger partial charge in [0.05, 0.1) is 25.9 Å². The van der Waals surface area contributed by atoms with Crippen molar-refractivity contribution < 1.29 is 14.6 Å². The van der Waals surface area contributed by atoms with Gasteiger partial charge in [0, 0.05) is 12.1 Å². The van der Waals surface area contributed by atoms with E-state index in [1.54, 1.807) is 0 Å². The lowest BCUT2D eigenvalue weighted by molar-refractivity contribution is 0.339. The minimum absolute atomic E-state index is 0.0935. The summed E-state index contributed by atoms with van der Waals surface area (Å²) in [6.07, 6.45) is 0. The van der Waals surface area contributed by atoms with E-state index in [1.807, 2.05) is 6.07 Å². The van der Waals surface area contributed by atoms with Gasteiger partial charge in [0.1, 0.15) is 0 Å². The van der Waals surface area contributed by atoms with Crippen LogP contribution in [0.5, 0.6) is 17.2 Å². The van der Waals surface area contributed by atoms with Crippen LogP contribution in [0.1, 0.15) is 5.56 Å². The van der Waals surface area contributed by atoms with Crippen molar-refractivity contribution in [3.63, 3.8) is 0 Å². The maximum Gasteiger partial charge on any atom is 0.200 e. The molecule has 0 radical (unpaired) electrons. The molecule has 0 aliphatic rings. The lowest BCUT2D eigenvalue weighted by Gasteiger charge is -2.07. The quantitative estimate of drug-likeness (QED) is 0.742. The van der Waals surface area contributed by atoms with Gasteiger partial charge in [-0.25, -0.2) is 0 Å². The molecule has 0 aromatic heterocycles. The summed E-state index contributed by atoms with van der Waals surface area (Å²) >= 11 is 0. The molecule has 0 aliphatic carbocycles. The van der Waals surface area contributed by atoms with Gasteiger partial charge < -0.3 is 14.6 Å². The molecular formula is C9H9NO3. The van der Waals surface area contributed by atoms with Gasteiger partial charge in [0.15, 0.2) is 11.5 Å². The van der Waals surface area contributed by atoms with E-state index in [2.05, 4.69) is 0 Å². The predicted octanol–water partition coefficient (Wildman–Crippen LogP) is 1.28. The Bertz CT molecular complexity index is 329. The molecule has 1 rings (SSSR count). The second-order valence-electron chi connectivity index (χ2n) is 2.34. The molecule has 13 heavy (non-hydrogen) atoms. The zero-order chi connectivity index (χ0) is 9.84. The summed E-state index contributed by atoms with van der Waals surface area (Å²) in [6.45, 7) is 0. The fourth-order valence-electron chi connectivity index (χ4n) is 0.958. The second-order valence-corrected chi connectivity index (χ2v) is 2.34. The molecular weight excluding hydrogens is 170 g/mol. The van der Waals surface area contributed by atoms with Crippen LogP contribution in [0.2, 0.25) is 0 Å². The minimum Gasteiger partial charge on any atom is -0.502 e. The molecule has 0 aliphatic heterocycles. The standard InChI is InChI=1S/C9H9NO3/c1-12-7-3-6(5-10)4-8(13-2)9(7)11/h3-4,11H,1-2H3. The number of nitriles is 1. The van der Waals surface area contributed by atoms with E-state index >= 15 is 0 Å². The Morgan fingerprint density at radius 1 is 1.23 bits per heavy atom. The number of nitrogens with zero attached hydrogens (tertiary/aromatic N) is 1. The number of aromatic hydroxyl groups is 1. The van der Waals surface area contributed by atoms with Crippen molar-refractivity contribution in [2.24, 2.45) is 0 Å². The van der Waals surface area contributed by atoms with Gasteiger partial charge in [-0.1, -0.05) is 0 Å². The molecule has 0 atom stereocenters. The van der Waals surface area contributed by atoms with Gasteiger partial charge in [-0.05, 0) is 0 Å². The summed E-state index contributed by atoms with van der Waals surface area (Å²) in [7, 11) is 2.82. The van der Waals surface area contributed by atoms with Crippen LogP contribution in [-0.4, -0.2) is 19.3 Å². The number of hydrogen-bond donors (Lipinski definition) is 1. The zero-order valence-corrected chi connectivity index (χ0v) is 7.37. The topological polar surface area (TPSA) is 62.5 Å². The third kappa shape index (κ3) is 1.64. The molecule has 0 saturated heterocycles. The monoisotopic (exact) mass is 179 g/mol. The average Bonchev–Trinajstić information content (AvgIpc) is 2.18. The van der Waals surface area contributed by atoms with Crippen LogP contribution in [-0.2, 0) is 0 Å². The van der Waals surface area contributed by atoms with Crippen LogP contribution in [0.4, 0.5) is 0 Å². The van der Waals surface area contributed by atoms with Crippen molar-refractivity contribution in [3.05, 3.63) is 17.7 Å². The first-order valence-corrected chi connectivity index (χ1v) is 3.58. The predicted molar refractivity (Wildman–Crippen MR) is 45.9 cm³/mol. The summed E-state index contributed by atoms with van der Waals surface area (Å²) in [6, 6.07) is 4.82. The van der Waals surface area contributed by atoms with Crippen molar-refractivity contribution in [1.29, 1.82) is 5.26 Å². The lowest BCUT2D eigenvalue weighted by atomic mass is 10.2. The number of hydrogen-bond acceptors (Lipinski definition) is 4.